The third-order valence-corrected chi connectivity index (χ3v) is 3.48. The van der Waals surface area contributed by atoms with Gasteiger partial charge in [0.05, 0.1) is 19.0 Å². The minimum atomic E-state index is -0.947. The van der Waals surface area contributed by atoms with Gasteiger partial charge in [0.25, 0.3) is 0 Å². The van der Waals surface area contributed by atoms with E-state index >= 15 is 0 Å². The lowest BCUT2D eigenvalue weighted by molar-refractivity contribution is -0.0488. The highest BCUT2D eigenvalue weighted by Crippen LogP contribution is 2.31. The quantitative estimate of drug-likeness (QED) is 0.531. The summed E-state index contributed by atoms with van der Waals surface area (Å²) in [6.45, 7) is -0.252. The molecule has 9 heteroatoms. The smallest absolute Gasteiger partial charge is 0.167 e. The van der Waals surface area contributed by atoms with Gasteiger partial charge in [-0.1, -0.05) is 0 Å². The van der Waals surface area contributed by atoms with Crippen molar-refractivity contribution >= 4 is 17.0 Å². The number of nitrogens with two attached hydrogens (primary N) is 1. The van der Waals surface area contributed by atoms with Crippen molar-refractivity contribution in [3.8, 4) is 0 Å². The number of fused-ring (bicyclic) bond motifs is 1. The Hall–Kier alpha value is -1.81. The normalized spacial score (nSPS) is 30.0. The Balaban J connectivity index is 2.03. The van der Waals surface area contributed by atoms with Crippen molar-refractivity contribution in [2.24, 2.45) is 5.73 Å². The van der Waals surface area contributed by atoms with Crippen LogP contribution in [0.2, 0.25) is 0 Å². The fourth-order valence-corrected chi connectivity index (χ4v) is 2.38. The van der Waals surface area contributed by atoms with E-state index in [9.17, 15) is 10.2 Å². The molecule has 2 aromatic heterocycles. The summed E-state index contributed by atoms with van der Waals surface area (Å²) in [5.41, 5.74) is 6.92. The van der Waals surface area contributed by atoms with Crippen LogP contribution in [0.5, 0.6) is 0 Å². The molecule has 1 unspecified atom stereocenters. The highest BCUT2D eigenvalue weighted by atomic mass is 16.5. The first-order valence-corrected chi connectivity index (χ1v) is 6.22. The van der Waals surface area contributed by atoms with E-state index in [2.05, 4.69) is 20.3 Å². The number of nitrogens with zero attached hydrogens (tertiary/aromatic N) is 4. The van der Waals surface area contributed by atoms with E-state index in [1.807, 2.05) is 0 Å². The van der Waals surface area contributed by atoms with Crippen molar-refractivity contribution in [2.45, 2.75) is 24.5 Å². The SMILES string of the molecule is CNc1ncnc2c1ncn2[C@@H]1O[C@H](CO)C(N)[C@H]1O. The lowest BCUT2D eigenvalue weighted by Gasteiger charge is -2.16. The fourth-order valence-electron chi connectivity index (χ4n) is 2.38. The molecule has 9 nitrogen and oxygen atoms in total. The van der Waals surface area contributed by atoms with Gasteiger partial charge in [-0.15, -0.1) is 0 Å². The van der Waals surface area contributed by atoms with E-state index in [1.165, 1.54) is 12.7 Å². The molecule has 5 N–H and O–H groups in total. The zero-order valence-electron chi connectivity index (χ0n) is 10.8. The number of ether oxygens (including phenoxy) is 1. The Kier molecular flexibility index (Phi) is 3.26. The van der Waals surface area contributed by atoms with Crippen molar-refractivity contribution in [3.05, 3.63) is 12.7 Å². The number of hydrogen-bond acceptors (Lipinski definition) is 8. The van der Waals surface area contributed by atoms with Gasteiger partial charge in [-0.2, -0.15) is 0 Å². The Morgan fingerprint density at radius 3 is 2.90 bits per heavy atom. The molecule has 0 spiro atoms. The second kappa shape index (κ2) is 4.94. The fraction of sp³-hybridized carbons (Fsp3) is 0.545. The molecule has 2 aromatic rings. The Bertz CT molecular complexity index is 617. The predicted octanol–water partition coefficient (Wildman–Crippen LogP) is -1.55. The maximum absolute atomic E-state index is 10.1. The van der Waals surface area contributed by atoms with Gasteiger partial charge in [0.2, 0.25) is 0 Å². The van der Waals surface area contributed by atoms with Crippen molar-refractivity contribution < 1.29 is 14.9 Å². The van der Waals surface area contributed by atoms with Crippen LogP contribution in [-0.4, -0.2) is 61.6 Å². The lowest BCUT2D eigenvalue weighted by Crippen LogP contribution is -2.41. The van der Waals surface area contributed by atoms with Crippen LogP contribution in [0.4, 0.5) is 5.82 Å². The average Bonchev–Trinajstić information content (AvgIpc) is 3.01. The highest BCUT2D eigenvalue weighted by Gasteiger charge is 2.42. The summed E-state index contributed by atoms with van der Waals surface area (Å²) >= 11 is 0. The molecule has 0 radical (unpaired) electrons. The summed E-state index contributed by atoms with van der Waals surface area (Å²) < 4.78 is 7.17. The van der Waals surface area contributed by atoms with Gasteiger partial charge in [-0.3, -0.25) is 4.57 Å². The maximum Gasteiger partial charge on any atom is 0.167 e. The van der Waals surface area contributed by atoms with Crippen LogP contribution in [0.1, 0.15) is 6.23 Å². The molecule has 3 rings (SSSR count). The largest absolute Gasteiger partial charge is 0.394 e. The van der Waals surface area contributed by atoms with E-state index in [-0.39, 0.29) is 6.61 Å². The third-order valence-electron chi connectivity index (χ3n) is 3.48. The molecule has 0 amide bonds. The van der Waals surface area contributed by atoms with Crippen molar-refractivity contribution in [1.29, 1.82) is 0 Å². The summed E-state index contributed by atoms with van der Waals surface area (Å²) in [6, 6.07) is -0.659. The molecule has 0 aromatic carbocycles. The van der Waals surface area contributed by atoms with Gasteiger partial charge < -0.3 is 26.0 Å². The number of nitrogens with one attached hydrogen (secondary N) is 1. The molecule has 4 atom stereocenters. The van der Waals surface area contributed by atoms with Crippen molar-refractivity contribution in [3.63, 3.8) is 0 Å². The molecule has 0 bridgehead atoms. The molecule has 20 heavy (non-hydrogen) atoms. The molecule has 1 aliphatic heterocycles. The van der Waals surface area contributed by atoms with Gasteiger partial charge in [-0.05, 0) is 0 Å². The lowest BCUT2D eigenvalue weighted by atomic mass is 10.1. The number of rotatable bonds is 3. The molecule has 0 aliphatic carbocycles. The molecular weight excluding hydrogens is 264 g/mol. The molecule has 0 saturated carbocycles. The molecule has 1 aliphatic rings. The summed E-state index contributed by atoms with van der Waals surface area (Å²) in [5.74, 6) is 0.587. The van der Waals surface area contributed by atoms with Crippen LogP contribution in [0, 0.1) is 0 Å². The van der Waals surface area contributed by atoms with Crippen molar-refractivity contribution in [2.75, 3.05) is 19.0 Å². The number of aliphatic hydroxyl groups excluding tert-OH is 2. The summed E-state index contributed by atoms with van der Waals surface area (Å²) in [4.78, 5) is 12.4. The number of aromatic nitrogens is 4. The van der Waals surface area contributed by atoms with Gasteiger partial charge in [0.1, 0.15) is 24.1 Å². The summed E-state index contributed by atoms with van der Waals surface area (Å²) in [7, 11) is 1.74. The van der Waals surface area contributed by atoms with E-state index in [4.69, 9.17) is 10.5 Å². The second-order valence-corrected chi connectivity index (χ2v) is 4.61. The van der Waals surface area contributed by atoms with Crippen LogP contribution in [0.15, 0.2) is 12.7 Å². The van der Waals surface area contributed by atoms with E-state index in [1.54, 1.807) is 11.6 Å². The van der Waals surface area contributed by atoms with E-state index in [0.717, 1.165) is 0 Å². The summed E-state index contributed by atoms with van der Waals surface area (Å²) in [5, 5.41) is 22.3. The molecule has 108 valence electrons. The Morgan fingerprint density at radius 2 is 2.25 bits per heavy atom. The zero-order valence-corrected chi connectivity index (χ0v) is 10.8. The third kappa shape index (κ3) is 1.83. The first-order valence-electron chi connectivity index (χ1n) is 6.22. The maximum atomic E-state index is 10.1. The molecule has 1 saturated heterocycles. The minimum absolute atomic E-state index is 0.252. The number of anilines is 1. The van der Waals surface area contributed by atoms with Crippen molar-refractivity contribution in [1.82, 2.24) is 19.5 Å². The number of imidazole rings is 1. The minimum Gasteiger partial charge on any atom is -0.394 e. The van der Waals surface area contributed by atoms with E-state index < -0.39 is 24.5 Å². The highest BCUT2D eigenvalue weighted by molar-refractivity contribution is 5.82. The molecule has 1 fully saturated rings. The van der Waals surface area contributed by atoms with Crippen LogP contribution < -0.4 is 11.1 Å². The Morgan fingerprint density at radius 1 is 1.45 bits per heavy atom. The molecule has 3 heterocycles. The standard InChI is InChI=1S/C11H16N6O3/c1-13-9-7-10(15-3-14-9)17(4-16-7)11-8(19)6(12)5(2-18)20-11/h3-6,8,11,18-19H,2,12H2,1H3,(H,13,14,15)/t5-,6?,8-,11-/m1/s1. The first kappa shape index (κ1) is 13.2. The molecular formula is C11H16N6O3. The second-order valence-electron chi connectivity index (χ2n) is 4.61. The van der Waals surface area contributed by atoms with Crippen LogP contribution >= 0.6 is 0 Å². The van der Waals surface area contributed by atoms with Gasteiger partial charge >= 0.3 is 0 Å². The first-order chi connectivity index (χ1) is 9.67. The number of aliphatic hydroxyl groups is 2. The van der Waals surface area contributed by atoms with E-state index in [0.29, 0.717) is 17.0 Å². The topological polar surface area (TPSA) is 131 Å². The zero-order chi connectivity index (χ0) is 14.3. The van der Waals surface area contributed by atoms with Crippen LogP contribution in [-0.2, 0) is 4.74 Å². The monoisotopic (exact) mass is 280 g/mol. The summed E-state index contributed by atoms with van der Waals surface area (Å²) in [6.07, 6.45) is 0.625. The predicted molar refractivity (Wildman–Crippen MR) is 69.8 cm³/mol. The van der Waals surface area contributed by atoms with Crippen LogP contribution in [0.3, 0.4) is 0 Å². The van der Waals surface area contributed by atoms with Gasteiger partial charge in [-0.25, -0.2) is 15.0 Å². The number of hydrogen-bond donors (Lipinski definition) is 4. The average molecular weight is 280 g/mol. The van der Waals surface area contributed by atoms with Crippen LogP contribution in [0.25, 0.3) is 11.2 Å². The van der Waals surface area contributed by atoms with Gasteiger partial charge in [0, 0.05) is 7.05 Å². The Labute approximate surface area is 114 Å². The van der Waals surface area contributed by atoms with Gasteiger partial charge in [0.15, 0.2) is 17.7 Å².